The lowest BCUT2D eigenvalue weighted by Crippen LogP contribution is -2.27. The number of benzene rings is 2. The zero-order valence-electron chi connectivity index (χ0n) is 12.2. The van der Waals surface area contributed by atoms with Gasteiger partial charge in [-0.1, -0.05) is 35.9 Å². The highest BCUT2D eigenvalue weighted by Gasteiger charge is 2.10. The third kappa shape index (κ3) is 4.50. The molecular weight excluding hydrogens is 286 g/mol. The number of nitrogens with zero attached hydrogens (tertiary/aromatic N) is 1. The zero-order chi connectivity index (χ0) is 15.2. The van der Waals surface area contributed by atoms with Crippen LogP contribution in [0.25, 0.3) is 0 Å². The van der Waals surface area contributed by atoms with Crippen molar-refractivity contribution >= 4 is 17.5 Å². The predicted molar refractivity (Wildman–Crippen MR) is 84.6 cm³/mol. The summed E-state index contributed by atoms with van der Waals surface area (Å²) < 4.78 is 5.10. The van der Waals surface area contributed by atoms with Crippen LogP contribution >= 0.6 is 11.6 Å². The smallest absolute Gasteiger partial charge is 0.227 e. The Morgan fingerprint density at radius 2 is 1.62 bits per heavy atom. The lowest BCUT2D eigenvalue weighted by Gasteiger charge is -2.17. The van der Waals surface area contributed by atoms with Crippen molar-refractivity contribution in [2.75, 3.05) is 14.2 Å². The van der Waals surface area contributed by atoms with E-state index in [1.807, 2.05) is 48.5 Å². The molecule has 0 N–H and O–H groups in total. The molecule has 3 nitrogen and oxygen atoms in total. The van der Waals surface area contributed by atoms with Gasteiger partial charge in [-0.25, -0.2) is 0 Å². The molecule has 0 heterocycles. The molecular formula is C17H18ClNO2. The first-order valence-electron chi connectivity index (χ1n) is 6.70. The topological polar surface area (TPSA) is 29.5 Å². The molecule has 2 rings (SSSR count). The van der Waals surface area contributed by atoms with E-state index < -0.39 is 0 Å². The standard InChI is InChI=1S/C17H18ClNO2/c1-19(12-14-3-7-15(18)8-4-14)17(20)11-13-5-9-16(21-2)10-6-13/h3-10H,11-12H2,1-2H3. The van der Waals surface area contributed by atoms with Crippen molar-refractivity contribution in [3.05, 3.63) is 64.7 Å². The second-order valence-corrected chi connectivity index (χ2v) is 5.34. The van der Waals surface area contributed by atoms with Gasteiger partial charge in [0.1, 0.15) is 5.75 Å². The molecule has 0 bridgehead atoms. The van der Waals surface area contributed by atoms with E-state index >= 15 is 0 Å². The molecule has 0 aromatic heterocycles. The third-order valence-electron chi connectivity index (χ3n) is 3.27. The van der Waals surface area contributed by atoms with E-state index in [9.17, 15) is 4.79 Å². The lowest BCUT2D eigenvalue weighted by molar-refractivity contribution is -0.129. The fourth-order valence-corrected chi connectivity index (χ4v) is 2.13. The summed E-state index contributed by atoms with van der Waals surface area (Å²) in [6.07, 6.45) is 0.383. The maximum absolute atomic E-state index is 12.2. The maximum Gasteiger partial charge on any atom is 0.227 e. The molecule has 21 heavy (non-hydrogen) atoms. The van der Waals surface area contributed by atoms with Crippen molar-refractivity contribution in [1.29, 1.82) is 0 Å². The third-order valence-corrected chi connectivity index (χ3v) is 3.53. The molecule has 0 saturated heterocycles. The number of rotatable bonds is 5. The highest BCUT2D eigenvalue weighted by Crippen LogP contribution is 2.14. The molecule has 0 aliphatic carbocycles. The van der Waals surface area contributed by atoms with Crippen LogP contribution < -0.4 is 4.74 Å². The van der Waals surface area contributed by atoms with Crippen molar-refractivity contribution in [2.45, 2.75) is 13.0 Å². The van der Waals surface area contributed by atoms with Gasteiger partial charge in [-0.3, -0.25) is 4.79 Å². The molecule has 0 aliphatic heterocycles. The summed E-state index contributed by atoms with van der Waals surface area (Å²) in [6.45, 7) is 0.576. The molecule has 0 radical (unpaired) electrons. The monoisotopic (exact) mass is 303 g/mol. The first kappa shape index (κ1) is 15.4. The van der Waals surface area contributed by atoms with Gasteiger partial charge in [0.15, 0.2) is 0 Å². The highest BCUT2D eigenvalue weighted by molar-refractivity contribution is 6.30. The molecule has 2 aromatic carbocycles. The number of hydrogen-bond acceptors (Lipinski definition) is 2. The molecule has 1 amide bonds. The van der Waals surface area contributed by atoms with E-state index in [2.05, 4.69) is 0 Å². The zero-order valence-corrected chi connectivity index (χ0v) is 12.9. The van der Waals surface area contributed by atoms with Gasteiger partial charge >= 0.3 is 0 Å². The summed E-state index contributed by atoms with van der Waals surface area (Å²) in [5, 5.41) is 0.700. The Hall–Kier alpha value is -2.00. The normalized spacial score (nSPS) is 10.2. The quantitative estimate of drug-likeness (QED) is 0.845. The summed E-state index contributed by atoms with van der Waals surface area (Å²) in [6, 6.07) is 15.1. The van der Waals surface area contributed by atoms with Gasteiger partial charge in [0.25, 0.3) is 0 Å². The summed E-state index contributed by atoms with van der Waals surface area (Å²) in [7, 11) is 3.43. The van der Waals surface area contributed by atoms with Crippen LogP contribution in [0.3, 0.4) is 0 Å². The van der Waals surface area contributed by atoms with Crippen molar-refractivity contribution in [2.24, 2.45) is 0 Å². The van der Waals surface area contributed by atoms with Crippen LogP contribution in [0.5, 0.6) is 5.75 Å². The van der Waals surface area contributed by atoms with Crippen LogP contribution in [0, 0.1) is 0 Å². The Bertz CT molecular complexity index is 593. The van der Waals surface area contributed by atoms with Crippen molar-refractivity contribution < 1.29 is 9.53 Å². The number of likely N-dealkylation sites (N-methyl/N-ethyl adjacent to an activating group) is 1. The summed E-state index contributed by atoms with van der Waals surface area (Å²) in [5.74, 6) is 0.871. The van der Waals surface area contributed by atoms with Crippen LogP contribution in [0.15, 0.2) is 48.5 Å². The fraction of sp³-hybridized carbons (Fsp3) is 0.235. The molecule has 2 aromatic rings. The molecule has 110 valence electrons. The first-order valence-corrected chi connectivity index (χ1v) is 7.07. The maximum atomic E-state index is 12.2. The van der Waals surface area contributed by atoms with E-state index in [4.69, 9.17) is 16.3 Å². The number of halogens is 1. The molecule has 4 heteroatoms. The lowest BCUT2D eigenvalue weighted by atomic mass is 10.1. The van der Waals surface area contributed by atoms with E-state index in [0.717, 1.165) is 16.9 Å². The second-order valence-electron chi connectivity index (χ2n) is 4.90. The predicted octanol–water partition coefficient (Wildman–Crippen LogP) is 3.55. The number of amides is 1. The molecule has 0 unspecified atom stereocenters. The number of methoxy groups -OCH3 is 1. The minimum atomic E-state index is 0.0788. The van der Waals surface area contributed by atoms with Crippen molar-refractivity contribution in [3.8, 4) is 5.75 Å². The van der Waals surface area contributed by atoms with Crippen LogP contribution in [-0.2, 0) is 17.8 Å². The van der Waals surface area contributed by atoms with E-state index in [1.165, 1.54) is 0 Å². The van der Waals surface area contributed by atoms with Gasteiger partial charge in [0, 0.05) is 18.6 Å². The highest BCUT2D eigenvalue weighted by atomic mass is 35.5. The Morgan fingerprint density at radius 3 is 2.19 bits per heavy atom. The van der Waals surface area contributed by atoms with Crippen molar-refractivity contribution in [3.63, 3.8) is 0 Å². The summed E-state index contributed by atoms with van der Waals surface area (Å²) in [5.41, 5.74) is 2.04. The van der Waals surface area contributed by atoms with Crippen LogP contribution in [0.2, 0.25) is 5.02 Å². The van der Waals surface area contributed by atoms with Gasteiger partial charge in [-0.05, 0) is 35.4 Å². The van der Waals surface area contributed by atoms with Gasteiger partial charge in [0.05, 0.1) is 13.5 Å². The fourth-order valence-electron chi connectivity index (χ4n) is 2.00. The van der Waals surface area contributed by atoms with Gasteiger partial charge in [-0.2, -0.15) is 0 Å². The van der Waals surface area contributed by atoms with E-state index in [-0.39, 0.29) is 5.91 Å². The minimum Gasteiger partial charge on any atom is -0.497 e. The Kier molecular flexibility index (Phi) is 5.23. The van der Waals surface area contributed by atoms with Gasteiger partial charge in [0.2, 0.25) is 5.91 Å². The molecule has 0 spiro atoms. The average molecular weight is 304 g/mol. The number of carbonyl (C=O) groups excluding carboxylic acids is 1. The average Bonchev–Trinajstić information content (AvgIpc) is 2.50. The van der Waals surface area contributed by atoms with E-state index in [0.29, 0.717) is 18.0 Å². The number of ether oxygens (including phenoxy) is 1. The second kappa shape index (κ2) is 7.14. The molecule has 0 atom stereocenters. The Balaban J connectivity index is 1.93. The molecule has 0 fully saturated rings. The van der Waals surface area contributed by atoms with Gasteiger partial charge in [-0.15, -0.1) is 0 Å². The number of hydrogen-bond donors (Lipinski definition) is 0. The largest absolute Gasteiger partial charge is 0.497 e. The number of carbonyl (C=O) groups is 1. The van der Waals surface area contributed by atoms with Crippen molar-refractivity contribution in [1.82, 2.24) is 4.90 Å². The minimum absolute atomic E-state index is 0.0788. The van der Waals surface area contributed by atoms with Crippen LogP contribution in [0.4, 0.5) is 0 Å². The molecule has 0 saturated carbocycles. The van der Waals surface area contributed by atoms with Gasteiger partial charge < -0.3 is 9.64 Å². The first-order chi connectivity index (χ1) is 10.1. The summed E-state index contributed by atoms with van der Waals surface area (Å²) in [4.78, 5) is 13.9. The summed E-state index contributed by atoms with van der Waals surface area (Å²) >= 11 is 5.85. The molecule has 0 aliphatic rings. The van der Waals surface area contributed by atoms with Crippen LogP contribution in [0.1, 0.15) is 11.1 Å². The Labute approximate surface area is 130 Å². The van der Waals surface area contributed by atoms with E-state index in [1.54, 1.807) is 19.1 Å². The van der Waals surface area contributed by atoms with Crippen LogP contribution in [-0.4, -0.2) is 25.0 Å². The Morgan fingerprint density at radius 1 is 1.05 bits per heavy atom. The SMILES string of the molecule is COc1ccc(CC(=O)N(C)Cc2ccc(Cl)cc2)cc1.